The Kier molecular flexibility index (Phi) is 18.0. The van der Waals surface area contributed by atoms with Gasteiger partial charge in [-0.2, -0.15) is 0 Å². The molecule has 0 saturated heterocycles. The zero-order valence-corrected chi connectivity index (χ0v) is 34.2. The first kappa shape index (κ1) is 51.7. The lowest BCUT2D eigenvalue weighted by atomic mass is 10.2. The largest absolute Gasteiger partial charge is 0.371 e. The van der Waals surface area contributed by atoms with Gasteiger partial charge in [-0.25, -0.2) is 9.97 Å². The SMILES string of the molecule is CCCCCN(C)CCC(O)(P(=O)(O)O)P(=O)(O)O.O=P(O)(O)C(O)(Cc1cnc2ccccn12)P(=O)(O)O.O=P(O)(O)C(O)(Cn1ccnc1)P(=O)(O)O. The van der Waals surface area contributed by atoms with Gasteiger partial charge < -0.3 is 87.9 Å². The highest BCUT2D eigenvalue weighted by Gasteiger charge is 2.61. The average molecular weight is 913 g/mol. The van der Waals surface area contributed by atoms with Crippen LogP contribution in [0.5, 0.6) is 0 Å². The fourth-order valence-electron chi connectivity index (χ4n) is 4.26. The summed E-state index contributed by atoms with van der Waals surface area (Å²) in [5.41, 5.74) is 0.482. The van der Waals surface area contributed by atoms with Crippen LogP contribution >= 0.6 is 45.6 Å². The van der Waals surface area contributed by atoms with Crippen molar-refractivity contribution in [2.75, 3.05) is 20.1 Å². The first-order valence-electron chi connectivity index (χ1n) is 15.2. The summed E-state index contributed by atoms with van der Waals surface area (Å²) in [4.78, 5) is 116. The van der Waals surface area contributed by atoms with E-state index in [4.69, 9.17) is 58.7 Å². The molecule has 0 aliphatic heterocycles. The molecule has 3 aromatic heterocycles. The van der Waals surface area contributed by atoms with Gasteiger partial charge in [0.1, 0.15) is 5.65 Å². The second-order valence-electron chi connectivity index (χ2n) is 11.9. The molecule has 0 aliphatic rings. The molecule has 3 aromatic rings. The number of nitrogens with zero attached hydrogens (tertiary/aromatic N) is 5. The van der Waals surface area contributed by atoms with Gasteiger partial charge in [-0.05, 0) is 32.1 Å². The van der Waals surface area contributed by atoms with Crippen LogP contribution in [0, 0.1) is 0 Å². The van der Waals surface area contributed by atoms with E-state index in [1.54, 1.807) is 30.1 Å². The van der Waals surface area contributed by atoms with Crippen LogP contribution in [-0.2, 0) is 40.4 Å². The zero-order valence-electron chi connectivity index (χ0n) is 28.9. The Bertz CT molecular complexity index is 1910. The maximum Gasteiger partial charge on any atom is 0.371 e. The van der Waals surface area contributed by atoms with Gasteiger partial charge >= 0.3 is 45.6 Å². The van der Waals surface area contributed by atoms with E-state index in [-0.39, 0.29) is 12.2 Å². The number of aliphatic hydroxyl groups is 3. The lowest BCUT2D eigenvalue weighted by Gasteiger charge is -2.30. The van der Waals surface area contributed by atoms with E-state index >= 15 is 0 Å². The summed E-state index contributed by atoms with van der Waals surface area (Å²) in [5.74, 6) is 0. The molecule has 15 N–H and O–H groups in total. The van der Waals surface area contributed by atoms with Crippen LogP contribution in [0.25, 0.3) is 5.65 Å². The van der Waals surface area contributed by atoms with Crippen molar-refractivity contribution in [1.82, 2.24) is 23.8 Å². The Balaban J connectivity index is 0.000000415. The third kappa shape index (κ3) is 13.3. The number of imidazole rings is 2. The topological polar surface area (TPSA) is 444 Å². The molecule has 0 fully saturated rings. The third-order valence-corrected chi connectivity index (χ3v) is 19.0. The average Bonchev–Trinajstić information content (AvgIpc) is 3.67. The van der Waals surface area contributed by atoms with E-state index in [0.717, 1.165) is 30.2 Å². The van der Waals surface area contributed by atoms with Crippen molar-refractivity contribution in [1.29, 1.82) is 0 Å². The lowest BCUT2D eigenvalue weighted by Crippen LogP contribution is -2.34. The second kappa shape index (κ2) is 19.1. The predicted octanol–water partition coefficient (Wildman–Crippen LogP) is -0.737. The summed E-state index contributed by atoms with van der Waals surface area (Å²) in [6.45, 7) is 1.69. The molecule has 0 radical (unpaired) electrons. The minimum atomic E-state index is -5.48. The Morgan fingerprint density at radius 3 is 1.58 bits per heavy atom. The van der Waals surface area contributed by atoms with E-state index in [9.17, 15) is 42.7 Å². The van der Waals surface area contributed by atoms with E-state index < -0.39 is 80.2 Å². The molecule has 55 heavy (non-hydrogen) atoms. The summed E-state index contributed by atoms with van der Waals surface area (Å²) in [6.07, 6.45) is 7.44. The van der Waals surface area contributed by atoms with E-state index in [0.29, 0.717) is 12.2 Å². The van der Waals surface area contributed by atoms with Gasteiger partial charge in [-0.3, -0.25) is 27.4 Å². The summed E-state index contributed by atoms with van der Waals surface area (Å²) in [6, 6.07) is 4.87. The molecule has 0 atom stereocenters. The Labute approximate surface area is 312 Å². The van der Waals surface area contributed by atoms with E-state index in [2.05, 4.69) is 9.97 Å². The third-order valence-electron chi connectivity index (χ3n) is 7.64. The maximum absolute atomic E-state index is 11.3. The number of aromatic nitrogens is 4. The lowest BCUT2D eigenvalue weighted by molar-refractivity contribution is 0.112. The fourth-order valence-corrected chi connectivity index (χ4v) is 10.5. The first-order valence-corrected chi connectivity index (χ1v) is 24.8. The van der Waals surface area contributed by atoms with Crippen LogP contribution in [0.3, 0.4) is 0 Å². The van der Waals surface area contributed by atoms with Crippen molar-refractivity contribution in [2.24, 2.45) is 0 Å². The van der Waals surface area contributed by atoms with E-state index in [1.807, 2.05) is 6.92 Å². The standard InChI is InChI=1S/C9H12N2O7P2.C9H23NO7P2.C5H10N2O7P2/c12-9(19(13,14)15,20(16,17)18)5-7-6-10-8-3-1-2-4-11(7)8;1-3-4-5-7-10(2)8-6-9(11,18(12,13)14)19(15,16)17;8-5(15(9,10)11,16(12,13)14)3-7-2-1-6-4-7/h1-4,6,12H,5H2,(H2,13,14,15)(H2,16,17,18);11H,3-8H2,1-2H3,(H2,12,13,14)(H2,15,16,17);1-2,4,8H,3H2,(H2,9,10,11)(H2,12,13,14). The highest BCUT2D eigenvalue weighted by molar-refractivity contribution is 7.73. The van der Waals surface area contributed by atoms with Gasteiger partial charge in [0.25, 0.3) is 15.2 Å². The molecule has 0 aliphatic carbocycles. The smallest absolute Gasteiger partial charge is 0.367 e. The van der Waals surface area contributed by atoms with E-state index in [1.165, 1.54) is 29.2 Å². The monoisotopic (exact) mass is 913 g/mol. The molecule has 3 heterocycles. The summed E-state index contributed by atoms with van der Waals surface area (Å²) in [7, 11) is -30.8. The quantitative estimate of drug-likeness (QED) is 0.0586. The van der Waals surface area contributed by atoms with Gasteiger partial charge in [-0.1, -0.05) is 25.8 Å². The highest BCUT2D eigenvalue weighted by Crippen LogP contribution is 2.70. The molecular formula is C23H45N5O21P6. The molecule has 0 saturated carbocycles. The Morgan fingerprint density at radius 1 is 0.673 bits per heavy atom. The summed E-state index contributed by atoms with van der Waals surface area (Å²) < 4.78 is 69.0. The molecule has 0 amide bonds. The molecule has 0 bridgehead atoms. The van der Waals surface area contributed by atoms with Crippen LogP contribution < -0.4 is 0 Å². The Hall–Kier alpha value is -1.36. The van der Waals surface area contributed by atoms with Crippen molar-refractivity contribution in [2.45, 2.75) is 60.8 Å². The highest BCUT2D eigenvalue weighted by atomic mass is 31.3. The normalized spacial score (nSPS) is 14.0. The zero-order chi connectivity index (χ0) is 43.1. The van der Waals surface area contributed by atoms with Crippen LogP contribution in [0.15, 0.2) is 49.3 Å². The van der Waals surface area contributed by atoms with Gasteiger partial charge in [0.15, 0.2) is 0 Å². The number of hydrogen-bond acceptors (Lipinski definition) is 12. The van der Waals surface area contributed by atoms with Gasteiger partial charge in [-0.15, -0.1) is 0 Å². The predicted molar refractivity (Wildman–Crippen MR) is 190 cm³/mol. The minimum Gasteiger partial charge on any atom is -0.367 e. The molecule has 3 rings (SSSR count). The molecular weight excluding hydrogens is 868 g/mol. The first-order chi connectivity index (χ1) is 24.6. The van der Waals surface area contributed by atoms with Crippen LogP contribution in [0.2, 0.25) is 0 Å². The van der Waals surface area contributed by atoms with Gasteiger partial charge in [0.2, 0.25) is 0 Å². The molecule has 26 nitrogen and oxygen atoms in total. The van der Waals surface area contributed by atoms with Crippen LogP contribution in [-0.4, -0.2) is 133 Å². The maximum atomic E-state index is 11.3. The number of unbranched alkanes of at least 4 members (excludes halogenated alkanes) is 2. The van der Waals surface area contributed by atoms with Crippen molar-refractivity contribution >= 4 is 51.2 Å². The second-order valence-corrected chi connectivity index (χ2v) is 24.0. The molecule has 0 spiro atoms. The fraction of sp³-hybridized carbons (Fsp3) is 0.565. The number of rotatable bonds is 17. The molecule has 0 aromatic carbocycles. The number of fused-ring (bicyclic) bond motifs is 1. The molecule has 318 valence electrons. The van der Waals surface area contributed by atoms with Crippen molar-refractivity contribution in [3.63, 3.8) is 0 Å². The summed E-state index contributed by atoms with van der Waals surface area (Å²) >= 11 is 0. The number of pyridine rings is 1. The Morgan fingerprint density at radius 2 is 1.16 bits per heavy atom. The molecule has 32 heteroatoms. The minimum absolute atomic E-state index is 0.0174. The van der Waals surface area contributed by atoms with Crippen LogP contribution in [0.4, 0.5) is 0 Å². The van der Waals surface area contributed by atoms with Crippen molar-refractivity contribution in [3.8, 4) is 0 Å². The van der Waals surface area contributed by atoms with Gasteiger partial charge in [0, 0.05) is 49.9 Å². The van der Waals surface area contributed by atoms with Crippen molar-refractivity contribution in [3.05, 3.63) is 55.0 Å². The number of hydrogen-bond donors (Lipinski definition) is 15. The molecule has 0 unspecified atom stereocenters. The summed E-state index contributed by atoms with van der Waals surface area (Å²) in [5, 5.41) is 18.8. The van der Waals surface area contributed by atoms with Crippen molar-refractivity contribution < 1.29 is 101 Å². The van der Waals surface area contributed by atoms with Gasteiger partial charge in [0.05, 0.1) is 12.9 Å². The van der Waals surface area contributed by atoms with Crippen LogP contribution in [0.1, 0.15) is 38.3 Å².